The van der Waals surface area contributed by atoms with Gasteiger partial charge in [0.1, 0.15) is 17.1 Å². The zero-order valence-corrected chi connectivity index (χ0v) is 21.4. The zero-order chi connectivity index (χ0) is 24.2. The summed E-state index contributed by atoms with van der Waals surface area (Å²) in [7, 11) is 0. The Morgan fingerprint density at radius 1 is 1.29 bits per heavy atom. The first-order valence-corrected chi connectivity index (χ1v) is 12.6. The van der Waals surface area contributed by atoms with Crippen molar-refractivity contribution >= 4 is 32.7 Å². The fraction of sp³-hybridized carbons (Fsp3) is 0.370. The van der Waals surface area contributed by atoms with E-state index in [4.69, 9.17) is 0 Å². The Kier molecular flexibility index (Phi) is 5.73. The molecule has 1 amide bonds. The summed E-state index contributed by atoms with van der Waals surface area (Å²) in [4.78, 5) is 21.5. The van der Waals surface area contributed by atoms with Crippen molar-refractivity contribution in [3.05, 3.63) is 76.2 Å². The predicted octanol–water partition coefficient (Wildman–Crippen LogP) is 4.90. The molecule has 0 spiro atoms. The number of carbonyl (C=O) groups is 1. The van der Waals surface area contributed by atoms with Crippen LogP contribution >= 0.6 is 15.9 Å². The van der Waals surface area contributed by atoms with Crippen LogP contribution in [0.3, 0.4) is 0 Å². The lowest BCUT2D eigenvalue weighted by atomic mass is 9.81. The fourth-order valence-electron chi connectivity index (χ4n) is 5.48. The molecule has 0 bridgehead atoms. The average molecular weight is 523 g/mol. The minimum Gasteiger partial charge on any atom is -0.508 e. The smallest absolute Gasteiger partial charge is 0.254 e. The Morgan fingerprint density at radius 2 is 2.09 bits per heavy atom. The van der Waals surface area contributed by atoms with Crippen molar-refractivity contribution in [1.82, 2.24) is 20.1 Å². The first-order chi connectivity index (χ1) is 16.2. The molecule has 0 radical (unpaired) electrons. The van der Waals surface area contributed by atoms with Gasteiger partial charge in [-0.3, -0.25) is 9.69 Å². The Balaban J connectivity index is 1.61. The number of hydrogen-bond acceptors (Lipinski definition) is 4. The van der Waals surface area contributed by atoms with Gasteiger partial charge < -0.3 is 20.3 Å². The monoisotopic (exact) mass is 522 g/mol. The van der Waals surface area contributed by atoms with Crippen molar-refractivity contribution in [3.8, 4) is 5.75 Å². The van der Waals surface area contributed by atoms with E-state index in [1.165, 1.54) is 0 Å². The van der Waals surface area contributed by atoms with Gasteiger partial charge >= 0.3 is 0 Å². The minimum atomic E-state index is -0.768. The van der Waals surface area contributed by atoms with Crippen LogP contribution in [-0.2, 0) is 11.2 Å². The number of hydrogen-bond donors (Lipinski definition) is 3. The summed E-state index contributed by atoms with van der Waals surface area (Å²) in [5.41, 5.74) is 3.38. The molecule has 6 nitrogen and oxygen atoms in total. The number of halogens is 1. The van der Waals surface area contributed by atoms with Gasteiger partial charge in [0.25, 0.3) is 5.91 Å². The molecule has 2 atom stereocenters. The molecule has 3 N–H and O–H groups in total. The van der Waals surface area contributed by atoms with Crippen molar-refractivity contribution in [3.63, 3.8) is 0 Å². The molecule has 1 saturated heterocycles. The van der Waals surface area contributed by atoms with Gasteiger partial charge in [0.15, 0.2) is 0 Å². The molecule has 34 heavy (non-hydrogen) atoms. The third-order valence-corrected chi connectivity index (χ3v) is 7.53. The first-order valence-electron chi connectivity index (χ1n) is 11.8. The lowest BCUT2D eigenvalue weighted by Crippen LogP contribution is -2.52. The number of aromatic nitrogens is 1. The summed E-state index contributed by atoms with van der Waals surface area (Å²) in [6.45, 7) is 13.0. The van der Waals surface area contributed by atoms with Crippen LogP contribution in [0.4, 0.5) is 0 Å². The highest BCUT2D eigenvalue weighted by molar-refractivity contribution is 9.10. The van der Waals surface area contributed by atoms with E-state index in [0.717, 1.165) is 38.7 Å². The molecule has 0 aliphatic carbocycles. The van der Waals surface area contributed by atoms with Gasteiger partial charge in [-0.2, -0.15) is 0 Å². The van der Waals surface area contributed by atoms with Crippen molar-refractivity contribution in [2.45, 2.75) is 38.8 Å². The second kappa shape index (κ2) is 8.47. The van der Waals surface area contributed by atoms with Gasteiger partial charge in [0.2, 0.25) is 0 Å². The molecular formula is C27H31BrN4O2. The van der Waals surface area contributed by atoms with Crippen LogP contribution in [-0.4, -0.2) is 51.0 Å². The van der Waals surface area contributed by atoms with Crippen LogP contribution in [0, 0.1) is 5.92 Å². The van der Waals surface area contributed by atoms with Crippen LogP contribution in [0.2, 0.25) is 0 Å². The highest BCUT2D eigenvalue weighted by atomic mass is 79.9. The van der Waals surface area contributed by atoms with Crippen molar-refractivity contribution in [2.24, 2.45) is 5.92 Å². The zero-order valence-electron chi connectivity index (χ0n) is 19.9. The average Bonchev–Trinajstić information content (AvgIpc) is 3.22. The van der Waals surface area contributed by atoms with Crippen LogP contribution in [0.25, 0.3) is 10.9 Å². The van der Waals surface area contributed by atoms with Gasteiger partial charge in [-0.05, 0) is 60.8 Å². The Morgan fingerprint density at radius 3 is 2.82 bits per heavy atom. The summed E-state index contributed by atoms with van der Waals surface area (Å²) in [5, 5.41) is 14.8. The molecule has 1 aromatic heterocycles. The number of phenolic OH excluding ortho intramolecular Hbond substituents is 1. The van der Waals surface area contributed by atoms with E-state index in [0.29, 0.717) is 31.2 Å². The molecule has 2 aliphatic heterocycles. The number of aromatic hydroxyl groups is 1. The van der Waals surface area contributed by atoms with Gasteiger partial charge in [0.05, 0.1) is 6.04 Å². The van der Waals surface area contributed by atoms with E-state index in [1.807, 2.05) is 30.0 Å². The van der Waals surface area contributed by atoms with Crippen LogP contribution < -0.4 is 5.32 Å². The predicted molar refractivity (Wildman–Crippen MR) is 138 cm³/mol. The first kappa shape index (κ1) is 23.0. The summed E-state index contributed by atoms with van der Waals surface area (Å²) in [5.74, 6) is 1.53. The largest absolute Gasteiger partial charge is 0.508 e. The van der Waals surface area contributed by atoms with Crippen LogP contribution in [0.5, 0.6) is 5.75 Å². The fourth-order valence-corrected chi connectivity index (χ4v) is 5.84. The lowest BCUT2D eigenvalue weighted by Gasteiger charge is -2.44. The molecule has 3 heterocycles. The van der Waals surface area contributed by atoms with E-state index in [2.05, 4.69) is 63.7 Å². The molecular weight excluding hydrogens is 492 g/mol. The van der Waals surface area contributed by atoms with Crippen LogP contribution in [0.15, 0.2) is 59.3 Å². The second-order valence-corrected chi connectivity index (χ2v) is 10.9. The quantitative estimate of drug-likeness (QED) is 0.402. The number of amides is 1. The number of phenols is 1. The Labute approximate surface area is 208 Å². The molecule has 2 aromatic carbocycles. The van der Waals surface area contributed by atoms with Crippen molar-refractivity contribution < 1.29 is 9.90 Å². The molecule has 7 heteroatoms. The van der Waals surface area contributed by atoms with Gasteiger partial charge in [0, 0.05) is 40.6 Å². The molecule has 178 valence electrons. The number of fused-ring (bicyclic) bond motifs is 4. The van der Waals surface area contributed by atoms with E-state index < -0.39 is 5.54 Å². The van der Waals surface area contributed by atoms with E-state index in [1.54, 1.807) is 12.1 Å². The number of aromatic amines is 1. The van der Waals surface area contributed by atoms with Gasteiger partial charge in [-0.15, -0.1) is 0 Å². The molecule has 0 unspecified atom stereocenters. The maximum atomic E-state index is 13.9. The maximum Gasteiger partial charge on any atom is 0.254 e. The molecule has 1 fully saturated rings. The highest BCUT2D eigenvalue weighted by Crippen LogP contribution is 2.51. The number of carbonyl (C=O) groups excluding carboxylic acids is 1. The van der Waals surface area contributed by atoms with Gasteiger partial charge in [-0.1, -0.05) is 48.5 Å². The number of rotatable bonds is 6. The number of benzene rings is 2. The summed E-state index contributed by atoms with van der Waals surface area (Å²) in [6.07, 6.45) is 0.585. The molecule has 5 rings (SSSR count). The van der Waals surface area contributed by atoms with E-state index in [-0.39, 0.29) is 17.7 Å². The molecule has 3 aromatic rings. The topological polar surface area (TPSA) is 71.6 Å². The minimum absolute atomic E-state index is 0.0731. The number of nitrogens with one attached hydrogen (secondary N) is 2. The Bertz CT molecular complexity index is 1280. The van der Waals surface area contributed by atoms with Crippen molar-refractivity contribution in [1.29, 1.82) is 0 Å². The van der Waals surface area contributed by atoms with E-state index in [9.17, 15) is 9.90 Å². The third-order valence-electron chi connectivity index (χ3n) is 7.03. The normalized spacial score (nSPS) is 22.1. The summed E-state index contributed by atoms with van der Waals surface area (Å²) in [6, 6.07) is 13.2. The maximum absolute atomic E-state index is 13.9. The second-order valence-electron chi connectivity index (χ2n) is 10.00. The number of H-pyrrole nitrogens is 1. The molecule has 2 aliphatic rings. The summed E-state index contributed by atoms with van der Waals surface area (Å²) < 4.78 is 1.00. The Hall–Kier alpha value is -2.77. The standard InChI is InChI=1S/C27H31BrN4O2/c1-16(2)15-29-10-11-31-17(3)32-25(18-6-5-7-20(33)12-18)24-22(14-27(32,4)26(31)34)21-13-19(28)8-9-23(21)30-24/h5-9,12-13,16,25,29-30,33H,3,10-11,14-15H2,1-2,4H3/t25-,27+/m1/s1. The number of nitrogens with zero attached hydrogens (tertiary/aromatic N) is 2. The van der Waals surface area contributed by atoms with E-state index >= 15 is 0 Å². The highest BCUT2D eigenvalue weighted by Gasteiger charge is 2.57. The lowest BCUT2D eigenvalue weighted by molar-refractivity contribution is -0.133. The summed E-state index contributed by atoms with van der Waals surface area (Å²) >= 11 is 3.61. The SMILES string of the molecule is C=C1N(CCNCC(C)C)C(=O)[C@]2(C)Cc3c([nH]c4ccc(Br)cc34)[C@@H](c3cccc(O)c3)N12. The van der Waals surface area contributed by atoms with Crippen LogP contribution in [0.1, 0.15) is 43.6 Å². The molecule has 0 saturated carbocycles. The van der Waals surface area contributed by atoms with Gasteiger partial charge in [-0.25, -0.2) is 0 Å². The third kappa shape index (κ3) is 3.62. The van der Waals surface area contributed by atoms with Crippen molar-refractivity contribution in [2.75, 3.05) is 19.6 Å².